The van der Waals surface area contributed by atoms with Crippen LogP contribution >= 0.6 is 15.9 Å². The molecule has 0 atom stereocenters. The van der Waals surface area contributed by atoms with Gasteiger partial charge >= 0.3 is 6.98 Å². The van der Waals surface area contributed by atoms with Gasteiger partial charge in [0.05, 0.1) is 0 Å². The van der Waals surface area contributed by atoms with Crippen molar-refractivity contribution < 1.29 is 0 Å². The van der Waals surface area contributed by atoms with Crippen molar-refractivity contribution in [3.8, 4) is 0 Å². The van der Waals surface area contributed by atoms with E-state index >= 15 is 0 Å². The molecular formula is C17H18BBrN2. The molecule has 0 aromatic heterocycles. The number of hydrogen-bond donors (Lipinski definition) is 2. The molecule has 2 nitrogen and oxygen atoms in total. The Morgan fingerprint density at radius 3 is 2.05 bits per heavy atom. The molecule has 0 spiro atoms. The number of halogens is 1. The van der Waals surface area contributed by atoms with Crippen LogP contribution in [0, 0.1) is 0 Å². The van der Waals surface area contributed by atoms with E-state index in [1.165, 1.54) is 10.8 Å². The first-order valence-corrected chi connectivity index (χ1v) is 7.56. The van der Waals surface area contributed by atoms with E-state index in [2.05, 4.69) is 88.6 Å². The molecule has 1 aliphatic rings. The third kappa shape index (κ3) is 2.90. The lowest BCUT2D eigenvalue weighted by Crippen LogP contribution is -2.39. The van der Waals surface area contributed by atoms with Crippen LogP contribution in [0.2, 0.25) is 0 Å². The van der Waals surface area contributed by atoms with Gasteiger partial charge in [0.25, 0.3) is 0 Å². The standard InChI is InChI=1S/C15H14BBrN2.C2H4/c1-3-12(10(2)17)16-18-13-8-4-6-11-7-5-9-14(19-16)15(11)13;1-2/h3-9,18-19H,2H2,1H3;1-2H2/b12-3+;. The normalized spacial score (nSPS) is 12.9. The lowest BCUT2D eigenvalue weighted by atomic mass is 9.65. The van der Waals surface area contributed by atoms with Gasteiger partial charge in [-0.3, -0.25) is 0 Å². The Balaban J connectivity index is 0.000000774. The molecule has 1 heterocycles. The summed E-state index contributed by atoms with van der Waals surface area (Å²) < 4.78 is 0.895. The highest BCUT2D eigenvalue weighted by atomic mass is 79.9. The third-order valence-electron chi connectivity index (χ3n) is 3.44. The molecule has 21 heavy (non-hydrogen) atoms. The Kier molecular flexibility index (Phi) is 4.92. The number of anilines is 2. The molecule has 0 radical (unpaired) electrons. The van der Waals surface area contributed by atoms with E-state index < -0.39 is 0 Å². The van der Waals surface area contributed by atoms with Crippen LogP contribution in [-0.2, 0) is 0 Å². The molecule has 106 valence electrons. The van der Waals surface area contributed by atoms with Crippen LogP contribution in [0.4, 0.5) is 11.4 Å². The molecule has 1 aliphatic heterocycles. The molecule has 2 aromatic rings. The first-order chi connectivity index (χ1) is 10.2. The molecule has 0 fully saturated rings. The zero-order chi connectivity index (χ0) is 15.4. The summed E-state index contributed by atoms with van der Waals surface area (Å²) in [5, 5.41) is 9.54. The Labute approximate surface area is 134 Å². The summed E-state index contributed by atoms with van der Waals surface area (Å²) in [7, 11) is 0. The number of rotatable bonds is 2. The Morgan fingerprint density at radius 1 is 1.10 bits per heavy atom. The molecule has 0 saturated carbocycles. The second-order valence-corrected chi connectivity index (χ2v) is 5.54. The zero-order valence-corrected chi connectivity index (χ0v) is 13.7. The van der Waals surface area contributed by atoms with Crippen molar-refractivity contribution in [3.63, 3.8) is 0 Å². The second kappa shape index (κ2) is 6.68. The lowest BCUT2D eigenvalue weighted by molar-refractivity contribution is 1.56. The minimum atomic E-state index is 0.0392. The number of allylic oxidation sites excluding steroid dienone is 3. The average molecular weight is 341 g/mol. The van der Waals surface area contributed by atoms with E-state index in [4.69, 9.17) is 0 Å². The number of hydrogen-bond acceptors (Lipinski definition) is 2. The van der Waals surface area contributed by atoms with Crippen molar-refractivity contribution in [1.29, 1.82) is 0 Å². The van der Waals surface area contributed by atoms with Crippen LogP contribution in [0.5, 0.6) is 0 Å². The molecule has 0 unspecified atom stereocenters. The summed E-state index contributed by atoms with van der Waals surface area (Å²) in [5.41, 5.74) is 3.43. The minimum Gasteiger partial charge on any atom is -0.405 e. The van der Waals surface area contributed by atoms with Crippen molar-refractivity contribution >= 4 is 45.1 Å². The highest BCUT2D eigenvalue weighted by Crippen LogP contribution is 2.35. The van der Waals surface area contributed by atoms with Crippen molar-refractivity contribution in [2.45, 2.75) is 6.92 Å². The van der Waals surface area contributed by atoms with E-state index in [0.717, 1.165) is 21.3 Å². The van der Waals surface area contributed by atoms with Gasteiger partial charge in [0, 0.05) is 21.2 Å². The maximum Gasteiger partial charge on any atom is 0.406 e. The van der Waals surface area contributed by atoms with E-state index in [0.29, 0.717) is 0 Å². The van der Waals surface area contributed by atoms with Crippen LogP contribution in [-0.4, -0.2) is 6.98 Å². The first-order valence-electron chi connectivity index (χ1n) is 6.76. The monoisotopic (exact) mass is 340 g/mol. The second-order valence-electron chi connectivity index (χ2n) is 4.58. The molecule has 0 saturated heterocycles. The van der Waals surface area contributed by atoms with Gasteiger partial charge in [-0.25, -0.2) is 0 Å². The Bertz CT molecular complexity index is 668. The van der Waals surface area contributed by atoms with Gasteiger partial charge < -0.3 is 10.5 Å². The van der Waals surface area contributed by atoms with Gasteiger partial charge in [-0.15, -0.1) is 13.2 Å². The van der Waals surface area contributed by atoms with Gasteiger partial charge in [0.1, 0.15) is 0 Å². The molecule has 0 aliphatic carbocycles. The number of benzene rings is 2. The van der Waals surface area contributed by atoms with E-state index in [1.807, 2.05) is 6.92 Å². The summed E-state index contributed by atoms with van der Waals surface area (Å²) >= 11 is 3.47. The molecule has 2 N–H and O–H groups in total. The third-order valence-corrected chi connectivity index (χ3v) is 3.90. The molecule has 2 aromatic carbocycles. The SMILES string of the molecule is C=C.C=C(Br)/C(=C\C)B1Nc2cccc3cccc(c23)N1. The van der Waals surface area contributed by atoms with Crippen molar-refractivity contribution in [1.82, 2.24) is 0 Å². The average Bonchev–Trinajstić information content (AvgIpc) is 2.50. The summed E-state index contributed by atoms with van der Waals surface area (Å²) in [6.45, 7) is 12.0. The predicted molar refractivity (Wildman–Crippen MR) is 100 cm³/mol. The number of nitrogens with one attached hydrogen (secondary N) is 2. The largest absolute Gasteiger partial charge is 0.406 e. The topological polar surface area (TPSA) is 24.1 Å². The van der Waals surface area contributed by atoms with Crippen molar-refractivity contribution in [2.24, 2.45) is 0 Å². The van der Waals surface area contributed by atoms with Crippen molar-refractivity contribution in [2.75, 3.05) is 10.5 Å². The first kappa shape index (κ1) is 15.5. The fourth-order valence-electron chi connectivity index (χ4n) is 2.56. The highest BCUT2D eigenvalue weighted by molar-refractivity contribution is 9.12. The maximum atomic E-state index is 3.97. The summed E-state index contributed by atoms with van der Waals surface area (Å²) in [6, 6.07) is 12.6. The van der Waals surface area contributed by atoms with E-state index in [-0.39, 0.29) is 6.98 Å². The van der Waals surface area contributed by atoms with Gasteiger partial charge in [-0.05, 0) is 29.9 Å². The fraction of sp³-hybridized carbons (Fsp3) is 0.0588. The predicted octanol–water partition coefficient (Wildman–Crippen LogP) is 5.36. The van der Waals surface area contributed by atoms with Crippen LogP contribution in [0.15, 0.2) is 72.2 Å². The minimum absolute atomic E-state index is 0.0392. The molecule has 0 bridgehead atoms. The smallest absolute Gasteiger partial charge is 0.405 e. The summed E-state index contributed by atoms with van der Waals surface area (Å²) in [5.74, 6) is 0. The molecular weight excluding hydrogens is 323 g/mol. The Morgan fingerprint density at radius 2 is 1.62 bits per heavy atom. The Hall–Kier alpha value is -1.94. The van der Waals surface area contributed by atoms with Gasteiger partial charge in [-0.2, -0.15) is 0 Å². The molecule has 3 rings (SSSR count). The van der Waals surface area contributed by atoms with E-state index in [9.17, 15) is 0 Å². The van der Waals surface area contributed by atoms with Crippen LogP contribution in [0.1, 0.15) is 6.92 Å². The van der Waals surface area contributed by atoms with Crippen LogP contribution < -0.4 is 10.5 Å². The summed E-state index contributed by atoms with van der Waals surface area (Å²) in [4.78, 5) is 0. The quantitative estimate of drug-likeness (QED) is 0.436. The van der Waals surface area contributed by atoms with Crippen molar-refractivity contribution in [3.05, 3.63) is 72.2 Å². The van der Waals surface area contributed by atoms with Gasteiger partial charge in [0.15, 0.2) is 0 Å². The van der Waals surface area contributed by atoms with Crippen LogP contribution in [0.25, 0.3) is 10.8 Å². The van der Waals surface area contributed by atoms with Crippen LogP contribution in [0.3, 0.4) is 0 Å². The lowest BCUT2D eigenvalue weighted by Gasteiger charge is -2.28. The maximum absolute atomic E-state index is 3.97. The van der Waals surface area contributed by atoms with Gasteiger partial charge in [-0.1, -0.05) is 52.9 Å². The molecule has 0 amide bonds. The fourth-order valence-corrected chi connectivity index (χ4v) is 3.02. The van der Waals surface area contributed by atoms with E-state index in [1.54, 1.807) is 0 Å². The summed E-state index contributed by atoms with van der Waals surface area (Å²) in [6.07, 6.45) is 2.07. The molecule has 4 heteroatoms. The zero-order valence-electron chi connectivity index (χ0n) is 12.1. The highest BCUT2D eigenvalue weighted by Gasteiger charge is 2.27. The van der Waals surface area contributed by atoms with Gasteiger partial charge in [0.2, 0.25) is 0 Å².